The van der Waals surface area contributed by atoms with Gasteiger partial charge in [0.1, 0.15) is 6.04 Å². The second-order valence-electron chi connectivity index (χ2n) is 9.28. The number of likely N-dealkylation sites (tertiary alicyclic amines) is 1. The van der Waals surface area contributed by atoms with Crippen molar-refractivity contribution < 1.29 is 9.59 Å². The van der Waals surface area contributed by atoms with Gasteiger partial charge >= 0.3 is 0 Å². The maximum atomic E-state index is 13.3. The lowest BCUT2D eigenvalue weighted by Crippen LogP contribution is -2.57. The lowest BCUT2D eigenvalue weighted by atomic mass is 9.87. The molecule has 0 spiro atoms. The predicted octanol–water partition coefficient (Wildman–Crippen LogP) is 4.27. The van der Waals surface area contributed by atoms with Crippen molar-refractivity contribution in [3.05, 3.63) is 65.7 Å². The number of nitrogens with zero attached hydrogens (tertiary/aromatic N) is 2. The number of hydrogen-bond donors (Lipinski definition) is 1. The molecule has 0 aromatic heterocycles. The van der Waals surface area contributed by atoms with Crippen molar-refractivity contribution in [1.82, 2.24) is 10.2 Å². The summed E-state index contributed by atoms with van der Waals surface area (Å²) < 4.78 is 0. The van der Waals surface area contributed by atoms with Gasteiger partial charge in [-0.25, -0.2) is 0 Å². The van der Waals surface area contributed by atoms with Crippen LogP contribution in [-0.4, -0.2) is 48.4 Å². The summed E-state index contributed by atoms with van der Waals surface area (Å²) in [6.07, 6.45) is 1.78. The van der Waals surface area contributed by atoms with Gasteiger partial charge in [-0.15, -0.1) is 0 Å². The van der Waals surface area contributed by atoms with Gasteiger partial charge in [0.2, 0.25) is 5.91 Å². The van der Waals surface area contributed by atoms with Crippen LogP contribution in [-0.2, 0) is 4.79 Å². The van der Waals surface area contributed by atoms with Crippen LogP contribution >= 0.6 is 0 Å². The summed E-state index contributed by atoms with van der Waals surface area (Å²) in [5.74, 6) is -0.164. The quantitative estimate of drug-likeness (QED) is 0.758. The molecule has 0 radical (unpaired) electrons. The summed E-state index contributed by atoms with van der Waals surface area (Å²) in [4.78, 5) is 30.3. The molecule has 31 heavy (non-hydrogen) atoms. The van der Waals surface area contributed by atoms with Crippen LogP contribution in [0, 0.1) is 12.8 Å². The van der Waals surface area contributed by atoms with Crippen molar-refractivity contribution in [2.45, 2.75) is 52.1 Å². The van der Waals surface area contributed by atoms with Crippen molar-refractivity contribution in [1.29, 1.82) is 0 Å². The summed E-state index contributed by atoms with van der Waals surface area (Å²) in [5.41, 5.74) is 2.80. The van der Waals surface area contributed by atoms with Crippen LogP contribution in [0.4, 0.5) is 5.69 Å². The average molecular weight is 422 g/mol. The van der Waals surface area contributed by atoms with Gasteiger partial charge in [0, 0.05) is 36.9 Å². The number of piperidine rings is 1. The molecule has 1 heterocycles. The Morgan fingerprint density at radius 2 is 1.68 bits per heavy atom. The molecule has 5 heteroatoms. The molecule has 1 saturated heterocycles. The number of hydrogen-bond acceptors (Lipinski definition) is 3. The maximum absolute atomic E-state index is 13.3. The highest BCUT2D eigenvalue weighted by Gasteiger charge is 2.38. The third kappa shape index (κ3) is 5.27. The zero-order valence-corrected chi connectivity index (χ0v) is 19.4. The molecule has 0 aliphatic carbocycles. The first-order valence-electron chi connectivity index (χ1n) is 11.2. The van der Waals surface area contributed by atoms with Crippen LogP contribution in [0.2, 0.25) is 0 Å². The van der Waals surface area contributed by atoms with E-state index in [9.17, 15) is 9.59 Å². The minimum absolute atomic E-state index is 0.00370. The number of aryl methyl sites for hydroxylation is 1. The first kappa shape index (κ1) is 22.9. The summed E-state index contributed by atoms with van der Waals surface area (Å²) in [5, 5.41) is 2.99. The molecule has 1 aliphatic rings. The number of carbonyl (C=O) groups is 2. The summed E-state index contributed by atoms with van der Waals surface area (Å²) in [6.45, 7) is 9.57. The van der Waals surface area contributed by atoms with E-state index in [0.29, 0.717) is 18.7 Å². The van der Waals surface area contributed by atoms with Gasteiger partial charge in [-0.05, 0) is 56.9 Å². The molecule has 166 valence electrons. The minimum Gasteiger partial charge on any atom is -0.369 e. The van der Waals surface area contributed by atoms with Gasteiger partial charge in [-0.3, -0.25) is 9.59 Å². The molecule has 0 bridgehead atoms. The number of nitrogens with one attached hydrogen (secondary N) is 1. The van der Waals surface area contributed by atoms with Gasteiger partial charge in [0.05, 0.1) is 0 Å². The first-order valence-corrected chi connectivity index (χ1v) is 11.2. The molecular weight excluding hydrogens is 386 g/mol. The lowest BCUT2D eigenvalue weighted by Gasteiger charge is -2.47. The molecule has 0 saturated carbocycles. The smallest absolute Gasteiger partial charge is 0.251 e. The van der Waals surface area contributed by atoms with Crippen LogP contribution in [0.3, 0.4) is 0 Å². The Morgan fingerprint density at radius 3 is 2.26 bits per heavy atom. The Kier molecular flexibility index (Phi) is 7.04. The highest BCUT2D eigenvalue weighted by atomic mass is 16.2. The van der Waals surface area contributed by atoms with E-state index in [0.717, 1.165) is 18.4 Å². The third-order valence-electron chi connectivity index (χ3n) is 6.61. The van der Waals surface area contributed by atoms with Crippen molar-refractivity contribution in [2.75, 3.05) is 25.0 Å². The normalized spacial score (nSPS) is 16.6. The second-order valence-corrected chi connectivity index (χ2v) is 9.28. The van der Waals surface area contributed by atoms with Crippen LogP contribution < -0.4 is 10.2 Å². The van der Waals surface area contributed by atoms with Gasteiger partial charge in [0.25, 0.3) is 5.91 Å². The molecule has 1 aliphatic heterocycles. The van der Waals surface area contributed by atoms with Gasteiger partial charge in [0.15, 0.2) is 0 Å². The zero-order chi connectivity index (χ0) is 22.6. The molecule has 3 rings (SSSR count). The molecule has 1 N–H and O–H groups in total. The number of anilines is 1. The van der Waals surface area contributed by atoms with E-state index in [1.807, 2.05) is 49.9 Å². The summed E-state index contributed by atoms with van der Waals surface area (Å²) in [7, 11) is 2.13. The molecule has 1 fully saturated rings. The third-order valence-corrected chi connectivity index (χ3v) is 6.61. The van der Waals surface area contributed by atoms with E-state index in [2.05, 4.69) is 48.5 Å². The molecular formula is C26H35N3O2. The van der Waals surface area contributed by atoms with Crippen LogP contribution in [0.1, 0.15) is 49.5 Å². The van der Waals surface area contributed by atoms with E-state index in [1.165, 1.54) is 5.69 Å². The highest BCUT2D eigenvalue weighted by Crippen LogP contribution is 2.32. The lowest BCUT2D eigenvalue weighted by molar-refractivity contribution is -0.135. The minimum atomic E-state index is -0.524. The number of carbonyl (C=O) groups excluding carboxylic acids is 2. The number of rotatable bonds is 6. The molecule has 2 aromatic rings. The molecule has 2 aromatic carbocycles. The van der Waals surface area contributed by atoms with Crippen LogP contribution in [0.25, 0.3) is 0 Å². The summed E-state index contributed by atoms with van der Waals surface area (Å²) in [6, 6.07) is 17.3. The van der Waals surface area contributed by atoms with Crippen molar-refractivity contribution >= 4 is 17.5 Å². The van der Waals surface area contributed by atoms with E-state index < -0.39 is 6.04 Å². The predicted molar refractivity (Wildman–Crippen MR) is 126 cm³/mol. The van der Waals surface area contributed by atoms with Crippen LogP contribution in [0.15, 0.2) is 54.6 Å². The second kappa shape index (κ2) is 9.54. The largest absolute Gasteiger partial charge is 0.369 e. The Balaban J connectivity index is 1.65. The number of benzene rings is 2. The monoisotopic (exact) mass is 421 g/mol. The van der Waals surface area contributed by atoms with Gasteiger partial charge in [-0.1, -0.05) is 49.7 Å². The molecule has 0 unspecified atom stereocenters. The standard InChI is InChI=1S/C26H35N3O2/c1-19(2)23(27-24(30)21-11-9-10-20(3)18-21)25(31)29-16-14-26(4,15-17-29)28(5)22-12-7-6-8-13-22/h6-13,18-19,23H,14-17H2,1-5H3,(H,27,30)/t23-/m1/s1. The van der Waals surface area contributed by atoms with Crippen molar-refractivity contribution in [2.24, 2.45) is 5.92 Å². The Morgan fingerprint density at radius 1 is 1.03 bits per heavy atom. The van der Waals surface area contributed by atoms with Crippen LogP contribution in [0.5, 0.6) is 0 Å². The Labute approximate surface area is 186 Å². The van der Waals surface area contributed by atoms with E-state index >= 15 is 0 Å². The van der Waals surface area contributed by atoms with Gasteiger partial charge in [-0.2, -0.15) is 0 Å². The maximum Gasteiger partial charge on any atom is 0.251 e. The van der Waals surface area contributed by atoms with E-state index in [4.69, 9.17) is 0 Å². The SMILES string of the molecule is Cc1cccc(C(=O)N[C@@H](C(=O)N2CCC(C)(N(C)c3ccccc3)CC2)C(C)C)c1. The first-order chi connectivity index (χ1) is 14.7. The zero-order valence-electron chi connectivity index (χ0n) is 19.4. The Hall–Kier alpha value is -2.82. The number of amides is 2. The van der Waals surface area contributed by atoms with E-state index in [-0.39, 0.29) is 23.3 Å². The molecule has 1 atom stereocenters. The van der Waals surface area contributed by atoms with Crippen molar-refractivity contribution in [3.63, 3.8) is 0 Å². The fraction of sp³-hybridized carbons (Fsp3) is 0.462. The fourth-order valence-corrected chi connectivity index (χ4v) is 4.23. The van der Waals surface area contributed by atoms with E-state index in [1.54, 1.807) is 6.07 Å². The molecule has 5 nitrogen and oxygen atoms in total. The Bertz CT molecular complexity index is 902. The number of para-hydroxylation sites is 1. The van der Waals surface area contributed by atoms with Gasteiger partial charge < -0.3 is 15.1 Å². The highest BCUT2D eigenvalue weighted by molar-refractivity contribution is 5.97. The molecule has 2 amide bonds. The fourth-order valence-electron chi connectivity index (χ4n) is 4.23. The topological polar surface area (TPSA) is 52.7 Å². The summed E-state index contributed by atoms with van der Waals surface area (Å²) >= 11 is 0. The average Bonchev–Trinajstić information content (AvgIpc) is 2.77. The van der Waals surface area contributed by atoms with Crippen molar-refractivity contribution in [3.8, 4) is 0 Å².